The highest BCUT2D eigenvalue weighted by atomic mass is 79.9. The van der Waals surface area contributed by atoms with Gasteiger partial charge in [-0.2, -0.15) is 0 Å². The van der Waals surface area contributed by atoms with Crippen molar-refractivity contribution in [3.8, 4) is 11.5 Å². The van der Waals surface area contributed by atoms with Crippen LogP contribution in [0.4, 0.5) is 4.39 Å². The van der Waals surface area contributed by atoms with Crippen molar-refractivity contribution in [3.63, 3.8) is 0 Å². The lowest BCUT2D eigenvalue weighted by atomic mass is 9.99. The minimum Gasteiger partial charge on any atom is -0.480 e. The first-order valence-electron chi connectivity index (χ1n) is 6.73. The van der Waals surface area contributed by atoms with E-state index in [1.54, 1.807) is 13.0 Å². The van der Waals surface area contributed by atoms with Crippen molar-refractivity contribution >= 4 is 27.8 Å². The molecule has 23 heavy (non-hydrogen) atoms. The third-order valence-electron chi connectivity index (χ3n) is 3.47. The van der Waals surface area contributed by atoms with Crippen LogP contribution in [0.3, 0.4) is 0 Å². The second kappa shape index (κ2) is 6.49. The number of carbonyl (C=O) groups is 2. The molecular formula is C15H14BrFN2O4. The van der Waals surface area contributed by atoms with Crippen LogP contribution >= 0.6 is 15.9 Å². The third kappa shape index (κ3) is 3.58. The van der Waals surface area contributed by atoms with Crippen molar-refractivity contribution in [2.75, 3.05) is 0 Å². The van der Waals surface area contributed by atoms with E-state index in [1.165, 1.54) is 19.1 Å². The molecule has 0 bridgehead atoms. The summed E-state index contributed by atoms with van der Waals surface area (Å²) in [5.74, 6) is -2.48. The van der Waals surface area contributed by atoms with Crippen LogP contribution in [0, 0.1) is 5.82 Å². The van der Waals surface area contributed by atoms with Gasteiger partial charge in [-0.05, 0) is 31.5 Å². The molecule has 1 aromatic carbocycles. The highest BCUT2D eigenvalue weighted by molar-refractivity contribution is 9.10. The average Bonchev–Trinajstić information content (AvgIpc) is 2.96. The fourth-order valence-electron chi connectivity index (χ4n) is 1.77. The van der Waals surface area contributed by atoms with Crippen LogP contribution < -0.4 is 5.32 Å². The SMILES string of the molecule is CCC(C)(NC(=O)c1coc(-c2ccc(Br)cc2F)n1)C(=O)O. The van der Waals surface area contributed by atoms with Crippen LogP contribution in [0.1, 0.15) is 30.8 Å². The molecule has 0 fully saturated rings. The molecular weight excluding hydrogens is 371 g/mol. The Hall–Kier alpha value is -2.22. The van der Waals surface area contributed by atoms with Gasteiger partial charge in [0.05, 0.1) is 5.56 Å². The predicted octanol–water partition coefficient (Wildman–Crippen LogP) is 3.23. The highest BCUT2D eigenvalue weighted by Gasteiger charge is 2.33. The summed E-state index contributed by atoms with van der Waals surface area (Å²) in [6.07, 6.45) is 1.25. The first-order chi connectivity index (χ1) is 10.8. The number of nitrogens with one attached hydrogen (secondary N) is 1. The van der Waals surface area contributed by atoms with E-state index in [0.29, 0.717) is 4.47 Å². The first kappa shape index (κ1) is 17.1. The minimum atomic E-state index is -1.42. The Morgan fingerprint density at radius 2 is 2.17 bits per heavy atom. The summed E-state index contributed by atoms with van der Waals surface area (Å²) in [4.78, 5) is 27.2. The zero-order chi connectivity index (χ0) is 17.2. The number of hydrogen-bond acceptors (Lipinski definition) is 4. The van der Waals surface area contributed by atoms with E-state index in [1.807, 2.05) is 0 Å². The van der Waals surface area contributed by atoms with Gasteiger partial charge in [-0.1, -0.05) is 22.9 Å². The number of aliphatic carboxylic acids is 1. The van der Waals surface area contributed by atoms with Crippen molar-refractivity contribution in [1.82, 2.24) is 10.3 Å². The maximum Gasteiger partial charge on any atom is 0.329 e. The van der Waals surface area contributed by atoms with E-state index in [2.05, 4.69) is 26.2 Å². The summed E-state index contributed by atoms with van der Waals surface area (Å²) in [6.45, 7) is 3.03. The number of amides is 1. The van der Waals surface area contributed by atoms with Gasteiger partial charge in [-0.15, -0.1) is 0 Å². The van der Waals surface area contributed by atoms with E-state index in [-0.39, 0.29) is 23.6 Å². The zero-order valence-electron chi connectivity index (χ0n) is 12.4. The van der Waals surface area contributed by atoms with Gasteiger partial charge in [0.15, 0.2) is 5.69 Å². The Morgan fingerprint density at radius 3 is 2.74 bits per heavy atom. The number of carboxylic acids is 1. The summed E-state index contributed by atoms with van der Waals surface area (Å²) in [5, 5.41) is 11.5. The van der Waals surface area contributed by atoms with Crippen molar-refractivity contribution in [2.24, 2.45) is 0 Å². The van der Waals surface area contributed by atoms with E-state index < -0.39 is 23.2 Å². The number of nitrogens with zero attached hydrogens (tertiary/aromatic N) is 1. The van der Waals surface area contributed by atoms with Gasteiger partial charge in [-0.3, -0.25) is 4.79 Å². The van der Waals surface area contributed by atoms with Gasteiger partial charge in [0, 0.05) is 4.47 Å². The van der Waals surface area contributed by atoms with Gasteiger partial charge >= 0.3 is 5.97 Å². The van der Waals surface area contributed by atoms with Gasteiger partial charge in [-0.25, -0.2) is 14.2 Å². The summed E-state index contributed by atoms with van der Waals surface area (Å²) < 4.78 is 19.6. The number of carboxylic acid groups (broad SMARTS) is 1. The lowest BCUT2D eigenvalue weighted by Crippen LogP contribution is -2.51. The van der Waals surface area contributed by atoms with Gasteiger partial charge in [0.25, 0.3) is 5.91 Å². The van der Waals surface area contributed by atoms with Crippen LogP contribution in [0.2, 0.25) is 0 Å². The monoisotopic (exact) mass is 384 g/mol. The Bertz CT molecular complexity index is 762. The Kier molecular flexibility index (Phi) is 4.84. The first-order valence-corrected chi connectivity index (χ1v) is 7.53. The topological polar surface area (TPSA) is 92.4 Å². The summed E-state index contributed by atoms with van der Waals surface area (Å²) >= 11 is 3.14. The normalized spacial score (nSPS) is 13.4. The van der Waals surface area contributed by atoms with Crippen molar-refractivity contribution in [2.45, 2.75) is 25.8 Å². The van der Waals surface area contributed by atoms with Gasteiger partial charge < -0.3 is 14.8 Å². The molecule has 0 aliphatic heterocycles. The number of halogens is 2. The van der Waals surface area contributed by atoms with Gasteiger partial charge in [0.1, 0.15) is 17.6 Å². The summed E-state index contributed by atoms with van der Waals surface area (Å²) in [6, 6.07) is 4.32. The fourth-order valence-corrected chi connectivity index (χ4v) is 2.11. The van der Waals surface area contributed by atoms with E-state index >= 15 is 0 Å². The lowest BCUT2D eigenvalue weighted by molar-refractivity contribution is -0.143. The molecule has 6 nitrogen and oxygen atoms in total. The molecule has 2 rings (SSSR count). The molecule has 0 aliphatic carbocycles. The molecule has 1 atom stereocenters. The molecule has 1 heterocycles. The number of hydrogen-bond donors (Lipinski definition) is 2. The molecule has 122 valence electrons. The molecule has 2 aromatic rings. The highest BCUT2D eigenvalue weighted by Crippen LogP contribution is 2.25. The molecule has 0 saturated heterocycles. The van der Waals surface area contributed by atoms with E-state index in [4.69, 9.17) is 9.52 Å². The van der Waals surface area contributed by atoms with Crippen LogP contribution in [0.5, 0.6) is 0 Å². The Labute approximate surface area is 139 Å². The molecule has 1 aromatic heterocycles. The Balaban J connectivity index is 2.25. The lowest BCUT2D eigenvalue weighted by Gasteiger charge is -2.23. The largest absolute Gasteiger partial charge is 0.480 e. The molecule has 0 aliphatic rings. The second-order valence-corrected chi connectivity index (χ2v) is 6.02. The molecule has 1 unspecified atom stereocenters. The van der Waals surface area contributed by atoms with Crippen LogP contribution in [0.15, 0.2) is 33.4 Å². The molecule has 2 N–H and O–H groups in total. The van der Waals surface area contributed by atoms with Gasteiger partial charge in [0.2, 0.25) is 5.89 Å². The van der Waals surface area contributed by atoms with E-state index in [9.17, 15) is 14.0 Å². The molecule has 0 spiro atoms. The minimum absolute atomic E-state index is 0.0614. The Morgan fingerprint density at radius 1 is 1.48 bits per heavy atom. The molecule has 8 heteroatoms. The molecule has 0 saturated carbocycles. The number of rotatable bonds is 5. The average molecular weight is 385 g/mol. The third-order valence-corrected chi connectivity index (χ3v) is 3.96. The zero-order valence-corrected chi connectivity index (χ0v) is 14.0. The van der Waals surface area contributed by atoms with Crippen LogP contribution in [-0.2, 0) is 4.79 Å². The molecule has 1 amide bonds. The van der Waals surface area contributed by atoms with E-state index in [0.717, 1.165) is 6.26 Å². The second-order valence-electron chi connectivity index (χ2n) is 5.11. The maximum atomic E-state index is 13.9. The summed E-state index contributed by atoms with van der Waals surface area (Å²) in [7, 11) is 0. The quantitative estimate of drug-likeness (QED) is 0.825. The summed E-state index contributed by atoms with van der Waals surface area (Å²) in [5.41, 5.74) is -1.44. The number of oxazole rings is 1. The van der Waals surface area contributed by atoms with Crippen LogP contribution in [0.25, 0.3) is 11.5 Å². The standard InChI is InChI=1S/C15H14BrFN2O4/c1-3-15(2,14(21)22)19-12(20)11-7-23-13(18-11)9-5-4-8(16)6-10(9)17/h4-7H,3H2,1-2H3,(H,19,20)(H,21,22). The maximum absolute atomic E-state index is 13.9. The number of aromatic nitrogens is 1. The smallest absolute Gasteiger partial charge is 0.329 e. The fraction of sp³-hybridized carbons (Fsp3) is 0.267. The number of carbonyl (C=O) groups excluding carboxylic acids is 1. The molecule has 0 radical (unpaired) electrons. The predicted molar refractivity (Wildman–Crippen MR) is 83.4 cm³/mol. The number of benzene rings is 1. The van der Waals surface area contributed by atoms with Crippen molar-refractivity contribution in [1.29, 1.82) is 0 Å². The van der Waals surface area contributed by atoms with Crippen molar-refractivity contribution in [3.05, 3.63) is 40.4 Å². The van der Waals surface area contributed by atoms with Crippen LogP contribution in [-0.4, -0.2) is 27.5 Å². The van der Waals surface area contributed by atoms with Crippen molar-refractivity contribution < 1.29 is 23.5 Å².